The highest BCUT2D eigenvalue weighted by atomic mass is 16.5. The molecule has 1 atom stereocenters. The molecule has 0 saturated heterocycles. The third-order valence-corrected chi connectivity index (χ3v) is 3.46. The summed E-state index contributed by atoms with van der Waals surface area (Å²) in [6.45, 7) is 8.80. The maximum atomic E-state index is 11.8. The van der Waals surface area contributed by atoms with Crippen LogP contribution >= 0.6 is 0 Å². The van der Waals surface area contributed by atoms with Gasteiger partial charge in [0, 0.05) is 13.1 Å². The minimum Gasteiger partial charge on any atom is -0.469 e. The Labute approximate surface area is 116 Å². The van der Waals surface area contributed by atoms with Crippen molar-refractivity contribution in [2.75, 3.05) is 20.2 Å². The molecular formula is C16H25NO2. The predicted octanol–water partition coefficient (Wildman–Crippen LogP) is 2.95. The topological polar surface area (TPSA) is 29.5 Å². The SMILES string of the molecule is CCN(Cc1ccccc1)CC(C(=O)OC)C(C)C. The van der Waals surface area contributed by atoms with Gasteiger partial charge in [-0.2, -0.15) is 0 Å². The molecule has 106 valence electrons. The van der Waals surface area contributed by atoms with Crippen molar-refractivity contribution in [2.24, 2.45) is 11.8 Å². The minimum atomic E-state index is -0.110. The van der Waals surface area contributed by atoms with E-state index in [1.807, 2.05) is 18.2 Å². The van der Waals surface area contributed by atoms with Crippen LogP contribution in [0.25, 0.3) is 0 Å². The van der Waals surface area contributed by atoms with Gasteiger partial charge in [0.05, 0.1) is 13.0 Å². The lowest BCUT2D eigenvalue weighted by Crippen LogP contribution is -2.36. The Hall–Kier alpha value is -1.35. The van der Waals surface area contributed by atoms with Crippen molar-refractivity contribution in [3.63, 3.8) is 0 Å². The number of ether oxygens (including phenoxy) is 1. The summed E-state index contributed by atoms with van der Waals surface area (Å²) in [4.78, 5) is 14.1. The van der Waals surface area contributed by atoms with Crippen LogP contribution in [0.1, 0.15) is 26.3 Å². The zero-order chi connectivity index (χ0) is 14.3. The summed E-state index contributed by atoms with van der Waals surface area (Å²) in [5.74, 6) is 0.118. The molecule has 0 aliphatic rings. The number of nitrogens with zero attached hydrogens (tertiary/aromatic N) is 1. The van der Waals surface area contributed by atoms with E-state index < -0.39 is 0 Å². The van der Waals surface area contributed by atoms with Crippen LogP contribution in [0.4, 0.5) is 0 Å². The standard InChI is InChI=1S/C16H25NO2/c1-5-17(11-14-9-7-6-8-10-14)12-15(13(2)3)16(18)19-4/h6-10,13,15H,5,11-12H2,1-4H3. The molecule has 0 amide bonds. The first-order chi connectivity index (χ1) is 9.08. The zero-order valence-electron chi connectivity index (χ0n) is 12.4. The second-order valence-corrected chi connectivity index (χ2v) is 5.19. The first-order valence-electron chi connectivity index (χ1n) is 6.92. The highest BCUT2D eigenvalue weighted by Crippen LogP contribution is 2.16. The molecule has 3 nitrogen and oxygen atoms in total. The number of esters is 1. The van der Waals surface area contributed by atoms with E-state index in [1.54, 1.807) is 0 Å². The largest absolute Gasteiger partial charge is 0.469 e. The van der Waals surface area contributed by atoms with Gasteiger partial charge in [-0.3, -0.25) is 9.69 Å². The number of carbonyl (C=O) groups excluding carboxylic acids is 1. The number of carbonyl (C=O) groups is 1. The van der Waals surface area contributed by atoms with Gasteiger partial charge in [0.25, 0.3) is 0 Å². The minimum absolute atomic E-state index is 0.0614. The van der Waals surface area contributed by atoms with Gasteiger partial charge in [0.15, 0.2) is 0 Å². The fourth-order valence-electron chi connectivity index (χ4n) is 2.13. The molecule has 1 unspecified atom stereocenters. The molecule has 0 N–H and O–H groups in total. The number of rotatable bonds is 7. The maximum absolute atomic E-state index is 11.8. The van der Waals surface area contributed by atoms with Crippen LogP contribution in [0.15, 0.2) is 30.3 Å². The van der Waals surface area contributed by atoms with E-state index in [2.05, 4.69) is 37.8 Å². The van der Waals surface area contributed by atoms with Gasteiger partial charge in [-0.25, -0.2) is 0 Å². The van der Waals surface area contributed by atoms with Crippen LogP contribution in [0.5, 0.6) is 0 Å². The summed E-state index contributed by atoms with van der Waals surface area (Å²) in [6.07, 6.45) is 0. The van der Waals surface area contributed by atoms with Gasteiger partial charge in [0.1, 0.15) is 0 Å². The third kappa shape index (κ3) is 5.03. The van der Waals surface area contributed by atoms with Gasteiger partial charge in [-0.05, 0) is 18.0 Å². The molecule has 0 heterocycles. The molecule has 0 spiro atoms. The van der Waals surface area contributed by atoms with Crippen molar-refractivity contribution in [1.82, 2.24) is 4.90 Å². The molecule has 0 radical (unpaired) electrons. The summed E-state index contributed by atoms with van der Waals surface area (Å²) in [5.41, 5.74) is 1.27. The molecule has 3 heteroatoms. The number of hydrogen-bond donors (Lipinski definition) is 0. The van der Waals surface area contributed by atoms with Crippen molar-refractivity contribution in [1.29, 1.82) is 0 Å². The molecule has 0 saturated carbocycles. The van der Waals surface area contributed by atoms with E-state index in [1.165, 1.54) is 12.7 Å². The number of hydrogen-bond acceptors (Lipinski definition) is 3. The van der Waals surface area contributed by atoms with E-state index in [-0.39, 0.29) is 17.8 Å². The van der Waals surface area contributed by atoms with Gasteiger partial charge in [0.2, 0.25) is 0 Å². The normalized spacial score (nSPS) is 12.7. The summed E-state index contributed by atoms with van der Waals surface area (Å²) in [6, 6.07) is 10.3. The van der Waals surface area contributed by atoms with E-state index in [9.17, 15) is 4.79 Å². The second kappa shape index (κ2) is 7.95. The molecule has 1 aromatic rings. The Bertz CT molecular complexity index is 376. The van der Waals surface area contributed by atoms with Crippen LogP contribution in [-0.4, -0.2) is 31.1 Å². The van der Waals surface area contributed by atoms with Gasteiger partial charge in [-0.1, -0.05) is 51.1 Å². The van der Waals surface area contributed by atoms with E-state index in [0.29, 0.717) is 0 Å². The van der Waals surface area contributed by atoms with Gasteiger partial charge in [-0.15, -0.1) is 0 Å². The van der Waals surface area contributed by atoms with E-state index in [0.717, 1.165) is 19.6 Å². The molecule has 0 aliphatic heterocycles. The highest BCUT2D eigenvalue weighted by Gasteiger charge is 2.25. The first-order valence-corrected chi connectivity index (χ1v) is 6.92. The van der Waals surface area contributed by atoms with Crippen LogP contribution in [0.3, 0.4) is 0 Å². The summed E-state index contributed by atoms with van der Waals surface area (Å²) < 4.78 is 4.90. The lowest BCUT2D eigenvalue weighted by molar-refractivity contribution is -0.147. The summed E-state index contributed by atoms with van der Waals surface area (Å²) in [5, 5.41) is 0. The molecule has 0 fully saturated rings. The van der Waals surface area contributed by atoms with Crippen molar-refractivity contribution >= 4 is 5.97 Å². The Morgan fingerprint density at radius 1 is 1.26 bits per heavy atom. The van der Waals surface area contributed by atoms with E-state index in [4.69, 9.17) is 4.74 Å². The smallest absolute Gasteiger partial charge is 0.310 e. The number of methoxy groups -OCH3 is 1. The van der Waals surface area contributed by atoms with Crippen molar-refractivity contribution < 1.29 is 9.53 Å². The highest BCUT2D eigenvalue weighted by molar-refractivity contribution is 5.72. The van der Waals surface area contributed by atoms with Gasteiger partial charge >= 0.3 is 5.97 Å². The van der Waals surface area contributed by atoms with Crippen LogP contribution in [0.2, 0.25) is 0 Å². The molecule has 1 aromatic carbocycles. The molecular weight excluding hydrogens is 238 g/mol. The first kappa shape index (κ1) is 15.7. The molecule has 0 aliphatic carbocycles. The Morgan fingerprint density at radius 2 is 1.89 bits per heavy atom. The number of benzene rings is 1. The maximum Gasteiger partial charge on any atom is 0.310 e. The van der Waals surface area contributed by atoms with E-state index >= 15 is 0 Å². The molecule has 1 rings (SSSR count). The van der Waals surface area contributed by atoms with Crippen molar-refractivity contribution in [3.05, 3.63) is 35.9 Å². The lowest BCUT2D eigenvalue weighted by atomic mass is 9.95. The average molecular weight is 263 g/mol. The molecule has 19 heavy (non-hydrogen) atoms. The van der Waals surface area contributed by atoms with Crippen molar-refractivity contribution in [3.8, 4) is 0 Å². The Morgan fingerprint density at radius 3 is 2.37 bits per heavy atom. The van der Waals surface area contributed by atoms with Gasteiger partial charge < -0.3 is 4.74 Å². The fraction of sp³-hybridized carbons (Fsp3) is 0.562. The second-order valence-electron chi connectivity index (χ2n) is 5.19. The Balaban J connectivity index is 2.66. The quantitative estimate of drug-likeness (QED) is 0.708. The molecule has 0 bridgehead atoms. The van der Waals surface area contributed by atoms with Crippen LogP contribution in [0, 0.1) is 11.8 Å². The fourth-order valence-corrected chi connectivity index (χ4v) is 2.13. The lowest BCUT2D eigenvalue weighted by Gasteiger charge is -2.27. The monoisotopic (exact) mass is 263 g/mol. The zero-order valence-corrected chi connectivity index (χ0v) is 12.4. The molecule has 0 aromatic heterocycles. The predicted molar refractivity (Wildman–Crippen MR) is 77.7 cm³/mol. The van der Waals surface area contributed by atoms with Crippen LogP contribution in [-0.2, 0) is 16.1 Å². The van der Waals surface area contributed by atoms with Crippen LogP contribution < -0.4 is 0 Å². The third-order valence-electron chi connectivity index (χ3n) is 3.46. The Kier molecular flexibility index (Phi) is 6.57. The van der Waals surface area contributed by atoms with Crippen molar-refractivity contribution in [2.45, 2.75) is 27.3 Å². The summed E-state index contributed by atoms with van der Waals surface area (Å²) in [7, 11) is 1.46. The summed E-state index contributed by atoms with van der Waals surface area (Å²) >= 11 is 0. The average Bonchev–Trinajstić information content (AvgIpc) is 2.43.